The van der Waals surface area contributed by atoms with Gasteiger partial charge in [-0.2, -0.15) is 4.98 Å². The van der Waals surface area contributed by atoms with Crippen molar-refractivity contribution < 1.29 is 9.32 Å². The van der Waals surface area contributed by atoms with Gasteiger partial charge in [-0.05, 0) is 37.8 Å². The zero-order valence-electron chi connectivity index (χ0n) is 13.4. The quantitative estimate of drug-likeness (QED) is 0.874. The van der Waals surface area contributed by atoms with Crippen molar-refractivity contribution >= 4 is 17.5 Å². The predicted molar refractivity (Wildman–Crippen MR) is 87.8 cm³/mol. The van der Waals surface area contributed by atoms with Gasteiger partial charge in [0.1, 0.15) is 0 Å². The minimum Gasteiger partial charge on any atom is -0.355 e. The molecule has 3 heterocycles. The molecule has 8 heteroatoms. The lowest BCUT2D eigenvalue weighted by molar-refractivity contribution is 0.249. The van der Waals surface area contributed by atoms with E-state index in [-0.39, 0.29) is 12.6 Å². The molecule has 0 atom stereocenters. The molecular formula is C16H20N6O2. The lowest BCUT2D eigenvalue weighted by atomic mass is 10.3. The molecule has 0 bridgehead atoms. The number of carbonyl (C=O) groups is 1. The highest BCUT2D eigenvalue weighted by molar-refractivity contribution is 5.92. The Hall–Kier alpha value is -2.64. The number of anilines is 2. The molecule has 0 unspecified atom stereocenters. The van der Waals surface area contributed by atoms with E-state index in [9.17, 15) is 4.79 Å². The first kappa shape index (κ1) is 14.9. The molecule has 0 spiro atoms. The first-order valence-electron chi connectivity index (χ1n) is 8.37. The van der Waals surface area contributed by atoms with Crippen LogP contribution in [0.5, 0.6) is 0 Å². The number of pyridine rings is 1. The fourth-order valence-corrected chi connectivity index (χ4v) is 2.85. The molecule has 1 saturated heterocycles. The van der Waals surface area contributed by atoms with Crippen LogP contribution in [0.15, 0.2) is 22.9 Å². The Bertz CT molecular complexity index is 721. The zero-order valence-corrected chi connectivity index (χ0v) is 13.4. The van der Waals surface area contributed by atoms with Crippen LogP contribution in [-0.2, 0) is 6.54 Å². The Morgan fingerprint density at radius 3 is 2.96 bits per heavy atom. The van der Waals surface area contributed by atoms with Crippen LogP contribution >= 0.6 is 0 Å². The van der Waals surface area contributed by atoms with Crippen LogP contribution in [0.1, 0.15) is 43.3 Å². The SMILES string of the molecule is O=C(NCc1nc(C2CC2)no1)Nc1cccnc1N1CCCC1. The average molecular weight is 328 g/mol. The second-order valence-corrected chi connectivity index (χ2v) is 6.20. The van der Waals surface area contributed by atoms with Crippen molar-refractivity contribution in [2.75, 3.05) is 23.3 Å². The molecule has 2 amide bonds. The van der Waals surface area contributed by atoms with E-state index >= 15 is 0 Å². The number of urea groups is 1. The number of carbonyl (C=O) groups excluding carboxylic acids is 1. The molecule has 2 aliphatic rings. The van der Waals surface area contributed by atoms with Crippen molar-refractivity contribution in [2.45, 2.75) is 38.1 Å². The topological polar surface area (TPSA) is 96.2 Å². The summed E-state index contributed by atoms with van der Waals surface area (Å²) in [6, 6.07) is 3.36. The number of nitrogens with zero attached hydrogens (tertiary/aromatic N) is 4. The van der Waals surface area contributed by atoms with E-state index in [2.05, 4.69) is 30.7 Å². The van der Waals surface area contributed by atoms with Gasteiger partial charge in [0.2, 0.25) is 5.89 Å². The summed E-state index contributed by atoms with van der Waals surface area (Å²) in [5.41, 5.74) is 0.709. The summed E-state index contributed by atoms with van der Waals surface area (Å²) in [7, 11) is 0. The van der Waals surface area contributed by atoms with Crippen LogP contribution in [0, 0.1) is 0 Å². The third kappa shape index (κ3) is 3.32. The van der Waals surface area contributed by atoms with Crippen LogP contribution in [0.2, 0.25) is 0 Å². The summed E-state index contributed by atoms with van der Waals surface area (Å²) in [6.07, 6.45) is 6.29. The van der Waals surface area contributed by atoms with Crippen LogP contribution in [0.25, 0.3) is 0 Å². The first-order chi connectivity index (χ1) is 11.8. The number of hydrogen-bond donors (Lipinski definition) is 2. The molecule has 8 nitrogen and oxygen atoms in total. The molecule has 0 aromatic carbocycles. The van der Waals surface area contributed by atoms with Crippen LogP contribution < -0.4 is 15.5 Å². The number of nitrogens with one attached hydrogen (secondary N) is 2. The molecule has 1 saturated carbocycles. The molecule has 2 aromatic rings. The largest absolute Gasteiger partial charge is 0.355 e. The molecule has 1 aliphatic carbocycles. The number of hydrogen-bond acceptors (Lipinski definition) is 6. The second-order valence-electron chi connectivity index (χ2n) is 6.20. The maximum absolute atomic E-state index is 12.1. The fourth-order valence-electron chi connectivity index (χ4n) is 2.85. The van der Waals surface area contributed by atoms with Crippen molar-refractivity contribution in [3.8, 4) is 0 Å². The van der Waals surface area contributed by atoms with E-state index in [0.29, 0.717) is 17.5 Å². The Labute approximate surface area is 139 Å². The molecular weight excluding hydrogens is 308 g/mol. The van der Waals surface area contributed by atoms with E-state index in [4.69, 9.17) is 4.52 Å². The van der Waals surface area contributed by atoms with Crippen molar-refractivity contribution in [1.29, 1.82) is 0 Å². The normalized spacial score (nSPS) is 17.1. The van der Waals surface area contributed by atoms with E-state index in [1.807, 2.05) is 12.1 Å². The lowest BCUT2D eigenvalue weighted by Gasteiger charge is -2.19. The maximum atomic E-state index is 12.1. The van der Waals surface area contributed by atoms with Gasteiger partial charge in [-0.15, -0.1) is 0 Å². The molecule has 2 aromatic heterocycles. The standard InChI is InChI=1S/C16H20N6O2/c23-16(18-10-13-20-14(21-24-13)11-5-6-11)19-12-4-3-7-17-15(12)22-8-1-2-9-22/h3-4,7,11H,1-2,5-6,8-10H2,(H2,18,19,23). The van der Waals surface area contributed by atoms with Gasteiger partial charge in [-0.25, -0.2) is 9.78 Å². The van der Waals surface area contributed by atoms with Crippen LogP contribution in [0.3, 0.4) is 0 Å². The summed E-state index contributed by atoms with van der Waals surface area (Å²) in [4.78, 5) is 23.0. The van der Waals surface area contributed by atoms with Crippen molar-refractivity contribution in [3.05, 3.63) is 30.0 Å². The monoisotopic (exact) mass is 328 g/mol. The number of amides is 2. The molecule has 2 fully saturated rings. The predicted octanol–water partition coefficient (Wildman–Crippen LogP) is 2.26. The highest BCUT2D eigenvalue weighted by atomic mass is 16.5. The molecule has 2 N–H and O–H groups in total. The highest BCUT2D eigenvalue weighted by Crippen LogP contribution is 2.38. The molecule has 0 radical (unpaired) electrons. The summed E-state index contributed by atoms with van der Waals surface area (Å²) in [6.45, 7) is 2.16. The number of rotatable bonds is 5. The van der Waals surface area contributed by atoms with Gasteiger partial charge in [0, 0.05) is 25.2 Å². The van der Waals surface area contributed by atoms with E-state index in [1.165, 1.54) is 0 Å². The summed E-state index contributed by atoms with van der Waals surface area (Å²) in [5, 5.41) is 9.53. The number of aromatic nitrogens is 3. The summed E-state index contributed by atoms with van der Waals surface area (Å²) < 4.78 is 5.15. The Morgan fingerprint density at radius 1 is 1.33 bits per heavy atom. The molecule has 1 aliphatic heterocycles. The fraction of sp³-hybridized carbons (Fsp3) is 0.500. The van der Waals surface area contributed by atoms with Gasteiger partial charge in [-0.1, -0.05) is 5.16 Å². The molecule has 4 rings (SSSR count). The minimum absolute atomic E-state index is 0.213. The molecule has 24 heavy (non-hydrogen) atoms. The van der Waals surface area contributed by atoms with Gasteiger partial charge < -0.3 is 20.1 Å². The van der Waals surface area contributed by atoms with Gasteiger partial charge in [0.05, 0.1) is 12.2 Å². The summed E-state index contributed by atoms with van der Waals surface area (Å²) in [5.74, 6) is 2.43. The van der Waals surface area contributed by atoms with E-state index in [1.54, 1.807) is 6.20 Å². The zero-order chi connectivity index (χ0) is 16.4. The van der Waals surface area contributed by atoms with E-state index in [0.717, 1.165) is 50.4 Å². The maximum Gasteiger partial charge on any atom is 0.319 e. The van der Waals surface area contributed by atoms with Gasteiger partial charge in [-0.3, -0.25) is 0 Å². The third-order valence-electron chi connectivity index (χ3n) is 4.27. The molecule has 126 valence electrons. The Balaban J connectivity index is 1.35. The van der Waals surface area contributed by atoms with Crippen molar-refractivity contribution in [2.24, 2.45) is 0 Å². The van der Waals surface area contributed by atoms with Crippen LogP contribution in [0.4, 0.5) is 16.3 Å². The smallest absolute Gasteiger partial charge is 0.319 e. The second kappa shape index (κ2) is 6.46. The van der Waals surface area contributed by atoms with Gasteiger partial charge in [0.25, 0.3) is 0 Å². The first-order valence-corrected chi connectivity index (χ1v) is 8.37. The highest BCUT2D eigenvalue weighted by Gasteiger charge is 2.28. The third-order valence-corrected chi connectivity index (χ3v) is 4.27. The summed E-state index contributed by atoms with van der Waals surface area (Å²) >= 11 is 0. The minimum atomic E-state index is -0.311. The van der Waals surface area contributed by atoms with Crippen molar-refractivity contribution in [1.82, 2.24) is 20.4 Å². The van der Waals surface area contributed by atoms with Gasteiger partial charge in [0.15, 0.2) is 11.6 Å². The van der Waals surface area contributed by atoms with Gasteiger partial charge >= 0.3 is 6.03 Å². The Kier molecular flexibility index (Phi) is 4.02. The van der Waals surface area contributed by atoms with Crippen LogP contribution in [-0.4, -0.2) is 34.2 Å². The van der Waals surface area contributed by atoms with Crippen molar-refractivity contribution in [3.63, 3.8) is 0 Å². The Morgan fingerprint density at radius 2 is 2.17 bits per heavy atom. The van der Waals surface area contributed by atoms with E-state index < -0.39 is 0 Å². The lowest BCUT2D eigenvalue weighted by Crippen LogP contribution is -2.30. The average Bonchev–Trinajstić information content (AvgIpc) is 3.11.